The number of para-hydroxylation sites is 1. The van der Waals surface area contributed by atoms with Crippen molar-refractivity contribution in [3.8, 4) is 11.5 Å². The molecule has 0 fully saturated rings. The Kier molecular flexibility index (Phi) is 6.85. The van der Waals surface area contributed by atoms with Gasteiger partial charge in [-0.25, -0.2) is 0 Å². The van der Waals surface area contributed by atoms with E-state index in [-0.39, 0.29) is 5.56 Å². The van der Waals surface area contributed by atoms with Crippen molar-refractivity contribution in [3.05, 3.63) is 64.1 Å². The maximum absolute atomic E-state index is 12.7. The van der Waals surface area contributed by atoms with Gasteiger partial charge < -0.3 is 24.6 Å². The second-order valence-corrected chi connectivity index (χ2v) is 9.29. The molecule has 1 unspecified atom stereocenters. The van der Waals surface area contributed by atoms with Gasteiger partial charge in [-0.05, 0) is 46.7 Å². The summed E-state index contributed by atoms with van der Waals surface area (Å²) < 4.78 is 23.5. The number of methoxy groups -OCH3 is 2. The predicted molar refractivity (Wildman–Crippen MR) is 118 cm³/mol. The van der Waals surface area contributed by atoms with Gasteiger partial charge in [0.1, 0.15) is 0 Å². The van der Waals surface area contributed by atoms with Crippen molar-refractivity contribution in [1.29, 1.82) is 0 Å². The fraction of sp³-hybridized carbons (Fsp3) is 0.150. The summed E-state index contributed by atoms with van der Waals surface area (Å²) in [5, 5.41) is 4.98. The second-order valence-electron chi connectivity index (χ2n) is 6.25. The Morgan fingerprint density at radius 3 is 2.67 bits per heavy atom. The van der Waals surface area contributed by atoms with Crippen LogP contribution < -0.4 is 14.8 Å². The van der Waals surface area contributed by atoms with E-state index < -0.39 is 19.2 Å². The Hall–Kier alpha value is -2.35. The number of rotatable bonds is 7. The highest BCUT2D eigenvalue weighted by Gasteiger charge is 2.38. The third-order valence-corrected chi connectivity index (χ3v) is 6.77. The zero-order valence-electron chi connectivity index (χ0n) is 16.0. The first-order valence-electron chi connectivity index (χ1n) is 8.66. The van der Waals surface area contributed by atoms with Crippen LogP contribution in [0.5, 0.6) is 11.5 Å². The first-order valence-corrected chi connectivity index (χ1v) is 11.6. The van der Waals surface area contributed by atoms with E-state index in [4.69, 9.17) is 21.1 Å². The van der Waals surface area contributed by atoms with Crippen molar-refractivity contribution in [2.45, 2.75) is 5.66 Å². The number of thiophene rings is 1. The van der Waals surface area contributed by atoms with Crippen LogP contribution in [-0.2, 0) is 9.36 Å². The van der Waals surface area contributed by atoms with E-state index in [0.29, 0.717) is 27.5 Å². The Morgan fingerprint density at radius 1 is 1.23 bits per heavy atom. The van der Waals surface area contributed by atoms with Crippen LogP contribution in [0.3, 0.4) is 0 Å². The Morgan fingerprint density at radius 2 is 2.00 bits per heavy atom. The number of halogens is 1. The fourth-order valence-corrected chi connectivity index (χ4v) is 5.24. The van der Waals surface area contributed by atoms with E-state index in [1.165, 1.54) is 31.8 Å². The van der Waals surface area contributed by atoms with Crippen molar-refractivity contribution in [1.82, 2.24) is 5.32 Å². The maximum Gasteiger partial charge on any atom is 0.342 e. The molecule has 0 saturated carbocycles. The van der Waals surface area contributed by atoms with Crippen LogP contribution in [0, 0.1) is 0 Å². The SMILES string of the molecule is COc1cccc(/C=C/NC(=O)C(c2csc3ccc(Cl)cc23)P(=O)(O)O)c1OC. The molecule has 2 aromatic carbocycles. The van der Waals surface area contributed by atoms with Crippen LogP contribution in [0.2, 0.25) is 5.02 Å². The molecular formula is C20H19ClNO6PS. The summed E-state index contributed by atoms with van der Waals surface area (Å²) in [7, 11) is -1.81. The molecule has 158 valence electrons. The lowest BCUT2D eigenvalue weighted by Gasteiger charge is -2.17. The normalized spacial score (nSPS) is 12.8. The van der Waals surface area contributed by atoms with Gasteiger partial charge in [-0.3, -0.25) is 9.36 Å². The third-order valence-electron chi connectivity index (χ3n) is 4.37. The smallest absolute Gasteiger partial charge is 0.342 e. The number of fused-ring (bicyclic) bond motifs is 1. The molecule has 0 aliphatic heterocycles. The number of nitrogens with one attached hydrogen (secondary N) is 1. The first-order chi connectivity index (χ1) is 14.3. The molecule has 1 atom stereocenters. The monoisotopic (exact) mass is 467 g/mol. The van der Waals surface area contributed by atoms with E-state index in [1.54, 1.807) is 47.9 Å². The van der Waals surface area contributed by atoms with Crippen molar-refractivity contribution in [2.24, 2.45) is 0 Å². The minimum atomic E-state index is -4.81. The summed E-state index contributed by atoms with van der Waals surface area (Å²) >= 11 is 7.31. The summed E-state index contributed by atoms with van der Waals surface area (Å²) in [4.78, 5) is 32.5. The number of benzene rings is 2. The topological polar surface area (TPSA) is 105 Å². The fourth-order valence-electron chi connectivity index (χ4n) is 3.04. The molecule has 30 heavy (non-hydrogen) atoms. The van der Waals surface area contributed by atoms with Gasteiger partial charge >= 0.3 is 7.60 Å². The largest absolute Gasteiger partial charge is 0.493 e. The molecule has 0 radical (unpaired) electrons. The van der Waals surface area contributed by atoms with Gasteiger partial charge in [-0.15, -0.1) is 11.3 Å². The third kappa shape index (κ3) is 4.69. The average Bonchev–Trinajstić information content (AvgIpc) is 3.09. The van der Waals surface area contributed by atoms with Crippen LogP contribution in [0.15, 0.2) is 48.0 Å². The van der Waals surface area contributed by atoms with Crippen molar-refractivity contribution in [2.75, 3.05) is 14.2 Å². The van der Waals surface area contributed by atoms with Gasteiger partial charge in [-0.2, -0.15) is 0 Å². The highest BCUT2D eigenvalue weighted by Crippen LogP contribution is 2.54. The van der Waals surface area contributed by atoms with E-state index in [0.717, 1.165) is 4.70 Å². The molecule has 0 aliphatic carbocycles. The zero-order chi connectivity index (χ0) is 21.9. The Labute approximate surface area is 182 Å². The lowest BCUT2D eigenvalue weighted by atomic mass is 10.1. The van der Waals surface area contributed by atoms with E-state index in [2.05, 4.69) is 5.32 Å². The standard InChI is InChI=1S/C20H19ClNO6PS/c1-27-16-5-3-4-12(18(16)28-2)8-9-22-20(23)19(29(24,25)26)15-11-30-17-7-6-13(21)10-14(15)17/h3-11,19H,1-2H3,(H,22,23)(H2,24,25,26)/b9-8+. The van der Waals surface area contributed by atoms with Gasteiger partial charge in [0, 0.05) is 21.5 Å². The molecule has 0 saturated heterocycles. The molecule has 3 aromatic rings. The summed E-state index contributed by atoms with van der Waals surface area (Å²) in [6.07, 6.45) is 2.86. The van der Waals surface area contributed by atoms with Gasteiger partial charge in [0.2, 0.25) is 5.91 Å². The van der Waals surface area contributed by atoms with Gasteiger partial charge in [0.25, 0.3) is 0 Å². The first kappa shape index (κ1) is 22.3. The van der Waals surface area contributed by atoms with E-state index >= 15 is 0 Å². The van der Waals surface area contributed by atoms with Crippen molar-refractivity contribution < 1.29 is 28.6 Å². The molecule has 0 spiro atoms. The summed E-state index contributed by atoms with van der Waals surface area (Å²) in [6.45, 7) is 0. The van der Waals surface area contributed by atoms with Crippen LogP contribution in [0.1, 0.15) is 16.8 Å². The lowest BCUT2D eigenvalue weighted by Crippen LogP contribution is -2.25. The zero-order valence-corrected chi connectivity index (χ0v) is 18.5. The van der Waals surface area contributed by atoms with Crippen LogP contribution in [0.25, 0.3) is 16.2 Å². The molecule has 1 amide bonds. The number of hydrogen-bond donors (Lipinski definition) is 3. The molecule has 7 nitrogen and oxygen atoms in total. The summed E-state index contributed by atoms with van der Waals surface area (Å²) in [5.41, 5.74) is -0.810. The number of carbonyl (C=O) groups is 1. The molecule has 1 aromatic heterocycles. The Balaban J connectivity index is 1.90. The minimum absolute atomic E-state index is 0.232. The number of hydrogen-bond acceptors (Lipinski definition) is 5. The van der Waals surface area contributed by atoms with Gasteiger partial charge in [0.05, 0.1) is 14.2 Å². The molecule has 0 aliphatic rings. The van der Waals surface area contributed by atoms with Crippen LogP contribution in [-0.4, -0.2) is 29.9 Å². The second kappa shape index (κ2) is 9.20. The minimum Gasteiger partial charge on any atom is -0.493 e. The van der Waals surface area contributed by atoms with Crippen LogP contribution in [0.4, 0.5) is 0 Å². The number of ether oxygens (including phenoxy) is 2. The predicted octanol–water partition coefficient (Wildman–Crippen LogP) is 4.58. The Bertz CT molecular complexity index is 1160. The lowest BCUT2D eigenvalue weighted by molar-refractivity contribution is -0.120. The molecule has 10 heteroatoms. The van der Waals surface area contributed by atoms with Crippen molar-refractivity contribution >= 4 is 52.6 Å². The van der Waals surface area contributed by atoms with E-state index in [1.807, 2.05) is 0 Å². The molecule has 0 bridgehead atoms. The van der Waals surface area contributed by atoms with Crippen molar-refractivity contribution in [3.63, 3.8) is 0 Å². The average molecular weight is 468 g/mol. The molecule has 1 heterocycles. The van der Waals surface area contributed by atoms with Crippen LogP contribution >= 0.6 is 30.5 Å². The molecule has 3 N–H and O–H groups in total. The summed E-state index contributed by atoms with van der Waals surface area (Å²) in [5.74, 6) is 0.150. The highest BCUT2D eigenvalue weighted by atomic mass is 35.5. The molecule has 3 rings (SSSR count). The summed E-state index contributed by atoms with van der Waals surface area (Å²) in [6, 6.07) is 10.2. The molecular weight excluding hydrogens is 449 g/mol. The quantitative estimate of drug-likeness (QED) is 0.439. The van der Waals surface area contributed by atoms with E-state index in [9.17, 15) is 19.1 Å². The number of carbonyl (C=O) groups excluding carboxylic acids is 1. The maximum atomic E-state index is 12.7. The number of amides is 1. The van der Waals surface area contributed by atoms with Gasteiger partial charge in [-0.1, -0.05) is 23.7 Å². The highest BCUT2D eigenvalue weighted by molar-refractivity contribution is 7.53. The van der Waals surface area contributed by atoms with Gasteiger partial charge in [0.15, 0.2) is 17.2 Å².